The predicted octanol–water partition coefficient (Wildman–Crippen LogP) is 3.80. The van der Waals surface area contributed by atoms with Gasteiger partial charge in [-0.2, -0.15) is 0 Å². The maximum Gasteiger partial charge on any atom is 0.268 e. The third-order valence-corrected chi connectivity index (χ3v) is 6.50. The quantitative estimate of drug-likeness (QED) is 0.714. The minimum Gasteiger partial charge on any atom is -0.478 e. The van der Waals surface area contributed by atoms with Crippen LogP contribution in [0.15, 0.2) is 29.3 Å². The van der Waals surface area contributed by atoms with Gasteiger partial charge in [0.1, 0.15) is 5.69 Å². The van der Waals surface area contributed by atoms with Crippen LogP contribution in [0, 0.1) is 12.8 Å². The number of ether oxygens (including phenoxy) is 1. The zero-order valence-corrected chi connectivity index (χ0v) is 18.0. The van der Waals surface area contributed by atoms with Crippen LogP contribution in [0.3, 0.4) is 0 Å². The molecule has 0 saturated carbocycles. The molecule has 1 amide bonds. The third-order valence-electron chi connectivity index (χ3n) is 5.26. The third kappa shape index (κ3) is 4.89. The number of amides is 1. The van der Waals surface area contributed by atoms with E-state index in [1.165, 1.54) is 12.8 Å². The molecule has 7 heteroatoms. The number of rotatable bonds is 7. The van der Waals surface area contributed by atoms with Crippen molar-refractivity contribution in [3.63, 3.8) is 0 Å². The molecule has 0 radical (unpaired) electrons. The van der Waals surface area contributed by atoms with Gasteiger partial charge in [-0.25, -0.2) is 9.29 Å². The summed E-state index contributed by atoms with van der Waals surface area (Å²) in [6, 6.07) is 5.78. The number of nitrogens with one attached hydrogen (secondary N) is 1. The summed E-state index contributed by atoms with van der Waals surface area (Å²) in [4.78, 5) is 18.2. The number of pyridine rings is 1. The van der Waals surface area contributed by atoms with Crippen molar-refractivity contribution >= 4 is 17.9 Å². The summed E-state index contributed by atoms with van der Waals surface area (Å²) >= 11 is 1.77. The van der Waals surface area contributed by atoms with Gasteiger partial charge in [0.2, 0.25) is 5.88 Å². The summed E-state index contributed by atoms with van der Waals surface area (Å²) in [5, 5.41) is 3.00. The van der Waals surface area contributed by atoms with Crippen LogP contribution in [0.2, 0.25) is 0 Å². The van der Waals surface area contributed by atoms with Crippen molar-refractivity contribution in [3.05, 3.63) is 41.3 Å². The molecule has 1 aliphatic heterocycles. The van der Waals surface area contributed by atoms with Gasteiger partial charge >= 0.3 is 0 Å². The van der Waals surface area contributed by atoms with E-state index in [1.54, 1.807) is 18.1 Å². The Hall–Kier alpha value is -1.99. The Morgan fingerprint density at radius 1 is 1.39 bits per heavy atom. The Morgan fingerprint density at radius 2 is 2.14 bits per heavy atom. The molecule has 152 valence electrons. The van der Waals surface area contributed by atoms with E-state index < -0.39 is 0 Å². The zero-order valence-electron chi connectivity index (χ0n) is 17.2. The lowest BCUT2D eigenvalue weighted by Crippen LogP contribution is -2.27. The van der Waals surface area contributed by atoms with Crippen molar-refractivity contribution in [2.45, 2.75) is 45.1 Å². The van der Waals surface area contributed by atoms with Gasteiger partial charge in [-0.3, -0.25) is 4.79 Å². The first-order valence-corrected chi connectivity index (χ1v) is 10.7. The van der Waals surface area contributed by atoms with E-state index in [0.29, 0.717) is 24.7 Å². The van der Waals surface area contributed by atoms with Gasteiger partial charge in [-0.1, -0.05) is 13.0 Å². The fraction of sp³-hybridized carbons (Fsp3) is 0.524. The maximum absolute atomic E-state index is 12.8. The van der Waals surface area contributed by atoms with Crippen LogP contribution in [0.1, 0.15) is 48.4 Å². The van der Waals surface area contributed by atoms with Gasteiger partial charge in [-0.15, -0.1) is 0 Å². The highest BCUT2D eigenvalue weighted by atomic mass is 32.2. The van der Waals surface area contributed by atoms with E-state index in [9.17, 15) is 4.79 Å². The number of piperidine rings is 1. The van der Waals surface area contributed by atoms with Crippen LogP contribution in [-0.4, -0.2) is 39.5 Å². The first-order valence-electron chi connectivity index (χ1n) is 9.93. The fourth-order valence-electron chi connectivity index (χ4n) is 3.29. The van der Waals surface area contributed by atoms with Crippen LogP contribution >= 0.6 is 11.9 Å². The monoisotopic (exact) mass is 402 g/mol. The second-order valence-electron chi connectivity index (χ2n) is 7.32. The Kier molecular flexibility index (Phi) is 7.02. The van der Waals surface area contributed by atoms with Crippen molar-refractivity contribution in [2.75, 3.05) is 19.7 Å². The van der Waals surface area contributed by atoms with E-state index in [-0.39, 0.29) is 5.91 Å². The van der Waals surface area contributed by atoms with Crippen LogP contribution in [0.25, 0.3) is 0 Å². The summed E-state index contributed by atoms with van der Waals surface area (Å²) in [6.45, 7) is 9.44. The highest BCUT2D eigenvalue weighted by Gasteiger charge is 2.21. The SMILES string of the molecule is CCOc1ncccc1CNC(=O)c1cc(SN2CCC(C)CC2)c(C)n1C. The van der Waals surface area contributed by atoms with Crippen molar-refractivity contribution in [3.8, 4) is 5.88 Å². The Bertz CT molecular complexity index is 813. The van der Waals surface area contributed by atoms with E-state index in [0.717, 1.165) is 35.2 Å². The van der Waals surface area contributed by atoms with E-state index >= 15 is 0 Å². The molecule has 3 rings (SSSR count). The van der Waals surface area contributed by atoms with Crippen molar-refractivity contribution in [1.82, 2.24) is 19.2 Å². The summed E-state index contributed by atoms with van der Waals surface area (Å²) in [5.41, 5.74) is 2.66. The molecule has 2 aromatic heterocycles. The lowest BCUT2D eigenvalue weighted by molar-refractivity contribution is 0.0942. The first-order chi connectivity index (χ1) is 13.5. The van der Waals surface area contributed by atoms with Gasteiger partial charge in [0.05, 0.1) is 6.61 Å². The zero-order chi connectivity index (χ0) is 20.1. The van der Waals surface area contributed by atoms with Gasteiger partial charge < -0.3 is 14.6 Å². The van der Waals surface area contributed by atoms with E-state index in [2.05, 4.69) is 28.5 Å². The van der Waals surface area contributed by atoms with Crippen LogP contribution in [0.4, 0.5) is 0 Å². The average Bonchev–Trinajstić information content (AvgIpc) is 2.97. The molecular formula is C21H30N4O2S. The standard InChI is InChI=1S/C21H30N4O2S/c1-5-27-21-17(7-6-10-22-21)14-23-20(26)18-13-19(16(3)24(18)4)28-25-11-8-15(2)9-12-25/h6-7,10,13,15H,5,8-9,11-12,14H2,1-4H3,(H,23,26). The molecule has 1 saturated heterocycles. The summed E-state index contributed by atoms with van der Waals surface area (Å²) in [7, 11) is 1.95. The van der Waals surface area contributed by atoms with Crippen LogP contribution in [0.5, 0.6) is 5.88 Å². The highest BCUT2D eigenvalue weighted by Crippen LogP contribution is 2.32. The smallest absolute Gasteiger partial charge is 0.268 e. The number of hydrogen-bond acceptors (Lipinski definition) is 5. The van der Waals surface area contributed by atoms with Crippen LogP contribution < -0.4 is 10.1 Å². The molecule has 0 spiro atoms. The molecule has 0 unspecified atom stereocenters. The fourth-order valence-corrected chi connectivity index (χ4v) is 4.39. The molecule has 1 fully saturated rings. The molecule has 28 heavy (non-hydrogen) atoms. The minimum absolute atomic E-state index is 0.0870. The number of aromatic nitrogens is 2. The summed E-state index contributed by atoms with van der Waals surface area (Å²) < 4.78 is 9.92. The summed E-state index contributed by atoms with van der Waals surface area (Å²) in [6.07, 6.45) is 4.17. The lowest BCUT2D eigenvalue weighted by Gasteiger charge is -2.28. The normalized spacial score (nSPS) is 15.6. The largest absolute Gasteiger partial charge is 0.478 e. The maximum atomic E-state index is 12.8. The Labute approximate surface area is 171 Å². The van der Waals surface area contributed by atoms with Crippen molar-refractivity contribution in [2.24, 2.45) is 13.0 Å². The van der Waals surface area contributed by atoms with Crippen molar-refractivity contribution in [1.29, 1.82) is 0 Å². The second kappa shape index (κ2) is 9.47. The molecule has 6 nitrogen and oxygen atoms in total. The topological polar surface area (TPSA) is 59.4 Å². The van der Waals surface area contributed by atoms with E-state index in [1.807, 2.05) is 36.7 Å². The average molecular weight is 403 g/mol. The molecular weight excluding hydrogens is 372 g/mol. The van der Waals surface area contributed by atoms with Gasteiger partial charge in [0.15, 0.2) is 0 Å². The molecule has 0 bridgehead atoms. The van der Waals surface area contributed by atoms with E-state index in [4.69, 9.17) is 4.74 Å². The molecule has 0 aliphatic carbocycles. The highest BCUT2D eigenvalue weighted by molar-refractivity contribution is 7.97. The van der Waals surface area contributed by atoms with Gasteiger partial charge in [-0.05, 0) is 56.7 Å². The Morgan fingerprint density at radius 3 is 2.86 bits per heavy atom. The minimum atomic E-state index is -0.0870. The number of hydrogen-bond donors (Lipinski definition) is 1. The summed E-state index contributed by atoms with van der Waals surface area (Å²) in [5.74, 6) is 1.30. The van der Waals surface area contributed by atoms with Gasteiger partial charge in [0, 0.05) is 49.0 Å². The molecule has 1 N–H and O–H groups in total. The number of carbonyl (C=O) groups excluding carboxylic acids is 1. The molecule has 0 aromatic carbocycles. The van der Waals surface area contributed by atoms with Gasteiger partial charge in [0.25, 0.3) is 5.91 Å². The Balaban J connectivity index is 1.65. The molecule has 0 atom stereocenters. The number of nitrogens with zero attached hydrogens (tertiary/aromatic N) is 3. The van der Waals surface area contributed by atoms with Crippen LogP contribution in [-0.2, 0) is 13.6 Å². The first kappa shape index (κ1) is 20.7. The molecule has 3 heterocycles. The molecule has 1 aliphatic rings. The van der Waals surface area contributed by atoms with Crippen molar-refractivity contribution < 1.29 is 9.53 Å². The second-order valence-corrected chi connectivity index (χ2v) is 8.46. The lowest BCUT2D eigenvalue weighted by atomic mass is 10.0. The predicted molar refractivity (Wildman–Crippen MR) is 113 cm³/mol. The number of carbonyl (C=O) groups is 1. The molecule has 2 aromatic rings.